The van der Waals surface area contributed by atoms with E-state index in [0.29, 0.717) is 5.06 Å². The second-order valence-electron chi connectivity index (χ2n) is 5.39. The lowest BCUT2D eigenvalue weighted by Gasteiger charge is -2.26. The number of hydroxylamine groups is 2. The molecule has 0 bridgehead atoms. The van der Waals surface area contributed by atoms with Gasteiger partial charge in [-0.05, 0) is 39.4 Å². The lowest BCUT2D eigenvalue weighted by molar-refractivity contribution is -0.171. The molecule has 20 heavy (non-hydrogen) atoms. The fraction of sp³-hybridized carbons (Fsp3) is 0.769. The van der Waals surface area contributed by atoms with E-state index in [1.807, 2.05) is 0 Å². The number of hydrogen-bond donors (Lipinski definition) is 1. The summed E-state index contributed by atoms with van der Waals surface area (Å²) in [7, 11) is 2.06. The molecule has 0 aromatic rings. The van der Waals surface area contributed by atoms with Gasteiger partial charge in [-0.2, -0.15) is 0 Å². The molecule has 3 amide bonds. The minimum Gasteiger partial charge on any atom is -0.317 e. The Balaban J connectivity index is 1.81. The quantitative estimate of drug-likeness (QED) is 0.753. The first-order valence-corrected chi connectivity index (χ1v) is 7.09. The second kappa shape index (κ2) is 6.69. The Labute approximate surface area is 118 Å². The number of amides is 3. The van der Waals surface area contributed by atoms with Crippen LogP contribution in [0.4, 0.5) is 4.79 Å². The second-order valence-corrected chi connectivity index (χ2v) is 5.39. The van der Waals surface area contributed by atoms with Gasteiger partial charge in [-0.1, -0.05) is 6.42 Å². The van der Waals surface area contributed by atoms with Crippen molar-refractivity contribution in [3.63, 3.8) is 0 Å². The van der Waals surface area contributed by atoms with Crippen LogP contribution in [0.15, 0.2) is 0 Å². The van der Waals surface area contributed by atoms with Gasteiger partial charge in [0.15, 0.2) is 0 Å². The predicted molar refractivity (Wildman–Crippen MR) is 70.5 cm³/mol. The molecule has 2 heterocycles. The van der Waals surface area contributed by atoms with E-state index in [0.717, 1.165) is 38.8 Å². The Hall–Kier alpha value is -1.63. The molecular weight excluding hydrogens is 262 g/mol. The third kappa shape index (κ3) is 3.93. The molecule has 7 nitrogen and oxygen atoms in total. The molecule has 7 heteroatoms. The monoisotopic (exact) mass is 283 g/mol. The Bertz CT molecular complexity index is 383. The number of hydrogen-bond acceptors (Lipinski definition) is 5. The van der Waals surface area contributed by atoms with E-state index in [1.54, 1.807) is 0 Å². The molecule has 0 aromatic heterocycles. The highest BCUT2D eigenvalue weighted by Crippen LogP contribution is 2.14. The molecule has 0 aliphatic carbocycles. The Morgan fingerprint density at radius 3 is 2.55 bits per heavy atom. The number of carbonyl (C=O) groups excluding carboxylic acids is 3. The van der Waals surface area contributed by atoms with Crippen LogP contribution in [0, 0.1) is 0 Å². The Kier molecular flexibility index (Phi) is 4.94. The standard InChI is InChI=1S/C13H21N3O4/c1-15-8-3-2-4-10(7-9-15)14-13(19)20-16-11(17)5-6-12(16)18/h10H,2-9H2,1H3,(H,14,19). The maximum Gasteiger partial charge on any atom is 0.432 e. The summed E-state index contributed by atoms with van der Waals surface area (Å²) in [6.07, 6.45) is 3.38. The third-order valence-electron chi connectivity index (χ3n) is 3.70. The van der Waals surface area contributed by atoms with Crippen molar-refractivity contribution in [1.82, 2.24) is 15.3 Å². The van der Waals surface area contributed by atoms with E-state index >= 15 is 0 Å². The first-order valence-electron chi connectivity index (χ1n) is 7.09. The zero-order chi connectivity index (χ0) is 14.5. The molecule has 1 atom stereocenters. The van der Waals surface area contributed by atoms with Gasteiger partial charge in [0, 0.05) is 18.9 Å². The van der Waals surface area contributed by atoms with E-state index in [1.165, 1.54) is 0 Å². The highest BCUT2D eigenvalue weighted by atomic mass is 16.7. The molecule has 2 fully saturated rings. The van der Waals surface area contributed by atoms with Crippen molar-refractivity contribution < 1.29 is 19.2 Å². The summed E-state index contributed by atoms with van der Waals surface area (Å²) < 4.78 is 0. The van der Waals surface area contributed by atoms with Crippen LogP contribution in [0.5, 0.6) is 0 Å². The van der Waals surface area contributed by atoms with Crippen LogP contribution in [-0.2, 0) is 14.4 Å². The lowest BCUT2D eigenvalue weighted by Crippen LogP contribution is -2.43. The van der Waals surface area contributed by atoms with Crippen molar-refractivity contribution in [3.8, 4) is 0 Å². The van der Waals surface area contributed by atoms with Crippen molar-refractivity contribution in [1.29, 1.82) is 0 Å². The van der Waals surface area contributed by atoms with Crippen LogP contribution in [0.25, 0.3) is 0 Å². The third-order valence-corrected chi connectivity index (χ3v) is 3.70. The summed E-state index contributed by atoms with van der Waals surface area (Å²) in [6, 6.07) is 0.0260. The van der Waals surface area contributed by atoms with Gasteiger partial charge in [-0.25, -0.2) is 4.79 Å². The van der Waals surface area contributed by atoms with E-state index in [9.17, 15) is 14.4 Å². The average molecular weight is 283 g/mol. The van der Waals surface area contributed by atoms with Crippen molar-refractivity contribution >= 4 is 17.9 Å². The summed E-state index contributed by atoms with van der Waals surface area (Å²) in [6.45, 7) is 1.99. The van der Waals surface area contributed by atoms with Gasteiger partial charge >= 0.3 is 6.09 Å². The number of carbonyl (C=O) groups is 3. The normalized spacial score (nSPS) is 25.2. The maximum absolute atomic E-state index is 11.7. The first kappa shape index (κ1) is 14.8. The summed E-state index contributed by atoms with van der Waals surface area (Å²) in [4.78, 5) is 41.5. The van der Waals surface area contributed by atoms with Crippen LogP contribution < -0.4 is 5.32 Å². The molecule has 112 valence electrons. The lowest BCUT2D eigenvalue weighted by atomic mass is 10.0. The zero-order valence-corrected chi connectivity index (χ0v) is 11.8. The molecule has 0 saturated carbocycles. The fourth-order valence-corrected chi connectivity index (χ4v) is 2.48. The number of imide groups is 1. The molecule has 2 aliphatic heterocycles. The fourth-order valence-electron chi connectivity index (χ4n) is 2.48. The minimum atomic E-state index is -0.721. The Morgan fingerprint density at radius 2 is 1.85 bits per heavy atom. The van der Waals surface area contributed by atoms with Crippen molar-refractivity contribution in [2.45, 2.75) is 44.6 Å². The van der Waals surface area contributed by atoms with Gasteiger partial charge < -0.3 is 15.1 Å². The van der Waals surface area contributed by atoms with E-state index < -0.39 is 17.9 Å². The van der Waals surface area contributed by atoms with Crippen LogP contribution >= 0.6 is 0 Å². The molecule has 2 rings (SSSR count). The van der Waals surface area contributed by atoms with Gasteiger partial charge in [-0.15, -0.1) is 5.06 Å². The summed E-state index contributed by atoms with van der Waals surface area (Å²) in [5, 5.41) is 3.32. The molecule has 0 radical (unpaired) electrons. The smallest absolute Gasteiger partial charge is 0.317 e. The van der Waals surface area contributed by atoms with Gasteiger partial charge in [0.05, 0.1) is 0 Å². The zero-order valence-electron chi connectivity index (χ0n) is 11.8. The molecule has 0 aromatic carbocycles. The Morgan fingerprint density at radius 1 is 1.15 bits per heavy atom. The van der Waals surface area contributed by atoms with Crippen LogP contribution in [0.3, 0.4) is 0 Å². The largest absolute Gasteiger partial charge is 0.432 e. The number of rotatable bonds is 2. The van der Waals surface area contributed by atoms with Crippen LogP contribution in [-0.4, -0.2) is 54.0 Å². The number of likely N-dealkylation sites (tertiary alicyclic amines) is 1. The maximum atomic E-state index is 11.7. The highest BCUT2D eigenvalue weighted by Gasteiger charge is 2.33. The predicted octanol–water partition coefficient (Wildman–Crippen LogP) is 0.651. The van der Waals surface area contributed by atoms with Crippen molar-refractivity contribution in [2.24, 2.45) is 0 Å². The van der Waals surface area contributed by atoms with E-state index in [-0.39, 0.29) is 18.9 Å². The molecule has 1 unspecified atom stereocenters. The van der Waals surface area contributed by atoms with E-state index in [4.69, 9.17) is 4.84 Å². The summed E-state index contributed by atoms with van der Waals surface area (Å²) in [5.74, 6) is -0.912. The summed E-state index contributed by atoms with van der Waals surface area (Å²) >= 11 is 0. The van der Waals surface area contributed by atoms with Crippen LogP contribution in [0.2, 0.25) is 0 Å². The number of nitrogens with one attached hydrogen (secondary N) is 1. The minimum absolute atomic E-state index is 0.0260. The SMILES string of the molecule is CN1CCCCC(NC(=O)ON2C(=O)CCC2=O)CC1. The molecule has 2 aliphatic rings. The van der Waals surface area contributed by atoms with Crippen molar-refractivity contribution in [2.75, 3.05) is 20.1 Å². The van der Waals surface area contributed by atoms with Gasteiger partial charge in [0.1, 0.15) is 0 Å². The van der Waals surface area contributed by atoms with Gasteiger partial charge in [0.2, 0.25) is 0 Å². The molecular formula is C13H21N3O4. The van der Waals surface area contributed by atoms with E-state index in [2.05, 4.69) is 17.3 Å². The molecule has 1 N–H and O–H groups in total. The average Bonchev–Trinajstić information content (AvgIpc) is 2.70. The van der Waals surface area contributed by atoms with Gasteiger partial charge in [-0.3, -0.25) is 9.59 Å². The number of nitrogens with zero attached hydrogens (tertiary/aromatic N) is 2. The highest BCUT2D eigenvalue weighted by molar-refractivity contribution is 6.01. The van der Waals surface area contributed by atoms with Crippen LogP contribution in [0.1, 0.15) is 38.5 Å². The topological polar surface area (TPSA) is 79.0 Å². The van der Waals surface area contributed by atoms with Gasteiger partial charge in [0.25, 0.3) is 11.8 Å². The molecule has 2 saturated heterocycles. The van der Waals surface area contributed by atoms with Crippen molar-refractivity contribution in [3.05, 3.63) is 0 Å². The molecule has 0 spiro atoms. The summed E-state index contributed by atoms with van der Waals surface area (Å²) in [5.41, 5.74) is 0. The first-order chi connectivity index (χ1) is 9.56.